The quantitative estimate of drug-likeness (QED) is 0.722. The normalized spacial score (nSPS) is 18.0. The molecule has 0 bridgehead atoms. The number of urea groups is 1. The summed E-state index contributed by atoms with van der Waals surface area (Å²) in [5, 5.41) is 14.9. The Balaban J connectivity index is 1.68. The highest BCUT2D eigenvalue weighted by atomic mass is 16.3. The summed E-state index contributed by atoms with van der Waals surface area (Å²) < 4.78 is 0. The molecule has 23 heavy (non-hydrogen) atoms. The number of rotatable bonds is 7. The third kappa shape index (κ3) is 5.75. The SMILES string of the molecule is CC(C)(CCO)CNC(=O)NCC1CCN(c2ccccc2)C1. The minimum Gasteiger partial charge on any atom is -0.396 e. The molecule has 1 aromatic carbocycles. The number of amides is 2. The number of hydrogen-bond donors (Lipinski definition) is 3. The molecule has 1 fully saturated rings. The molecule has 3 N–H and O–H groups in total. The van der Waals surface area contributed by atoms with Gasteiger partial charge in [0.05, 0.1) is 0 Å². The summed E-state index contributed by atoms with van der Waals surface area (Å²) in [6.45, 7) is 7.53. The summed E-state index contributed by atoms with van der Waals surface area (Å²) in [6, 6.07) is 10.3. The van der Waals surface area contributed by atoms with Gasteiger partial charge in [-0.05, 0) is 36.3 Å². The Morgan fingerprint density at radius 2 is 2.04 bits per heavy atom. The van der Waals surface area contributed by atoms with Crippen molar-refractivity contribution in [1.82, 2.24) is 10.6 Å². The Hall–Kier alpha value is -1.75. The van der Waals surface area contributed by atoms with Crippen LogP contribution in [0.3, 0.4) is 0 Å². The Bertz CT molecular complexity index is 490. The molecule has 1 aliphatic rings. The van der Waals surface area contributed by atoms with Gasteiger partial charge < -0.3 is 20.6 Å². The Morgan fingerprint density at radius 1 is 1.30 bits per heavy atom. The number of carbonyl (C=O) groups excluding carboxylic acids is 1. The summed E-state index contributed by atoms with van der Waals surface area (Å²) in [6.07, 6.45) is 1.78. The summed E-state index contributed by atoms with van der Waals surface area (Å²) in [5.74, 6) is 0.492. The Labute approximate surface area is 139 Å². The molecule has 1 aromatic rings. The number of benzene rings is 1. The van der Waals surface area contributed by atoms with E-state index in [1.807, 2.05) is 19.9 Å². The maximum absolute atomic E-state index is 11.9. The highest BCUT2D eigenvalue weighted by Gasteiger charge is 2.23. The number of carbonyl (C=O) groups is 1. The van der Waals surface area contributed by atoms with Crippen LogP contribution in [0.5, 0.6) is 0 Å². The maximum Gasteiger partial charge on any atom is 0.314 e. The van der Waals surface area contributed by atoms with Crippen LogP contribution in [0.15, 0.2) is 30.3 Å². The van der Waals surface area contributed by atoms with Gasteiger partial charge in [0.1, 0.15) is 0 Å². The zero-order valence-electron chi connectivity index (χ0n) is 14.2. The molecule has 2 amide bonds. The van der Waals surface area contributed by atoms with E-state index in [4.69, 9.17) is 5.11 Å². The molecule has 128 valence electrons. The first kappa shape index (κ1) is 17.6. The van der Waals surface area contributed by atoms with Gasteiger partial charge in [0.15, 0.2) is 0 Å². The fraction of sp³-hybridized carbons (Fsp3) is 0.611. The second kappa shape index (κ2) is 8.20. The highest BCUT2D eigenvalue weighted by Crippen LogP contribution is 2.23. The maximum atomic E-state index is 11.9. The van der Waals surface area contributed by atoms with Crippen LogP contribution in [-0.4, -0.2) is 43.9 Å². The predicted octanol–water partition coefficient (Wildman–Crippen LogP) is 2.22. The van der Waals surface area contributed by atoms with Gasteiger partial charge in [-0.25, -0.2) is 4.79 Å². The Morgan fingerprint density at radius 3 is 2.74 bits per heavy atom. The molecule has 0 saturated carbocycles. The van der Waals surface area contributed by atoms with E-state index in [9.17, 15) is 4.79 Å². The molecule has 1 saturated heterocycles. The summed E-state index contributed by atoms with van der Waals surface area (Å²) in [5.41, 5.74) is 1.18. The average Bonchev–Trinajstić information content (AvgIpc) is 3.01. The van der Waals surface area contributed by atoms with E-state index in [1.54, 1.807) is 0 Å². The van der Waals surface area contributed by atoms with Crippen LogP contribution in [0.4, 0.5) is 10.5 Å². The molecule has 5 heteroatoms. The summed E-state index contributed by atoms with van der Waals surface area (Å²) in [7, 11) is 0. The molecule has 2 rings (SSSR count). The first-order chi connectivity index (χ1) is 11.0. The molecule has 0 aromatic heterocycles. The van der Waals surface area contributed by atoms with Crippen LogP contribution in [0.2, 0.25) is 0 Å². The van der Waals surface area contributed by atoms with Gasteiger partial charge in [0, 0.05) is 38.5 Å². The van der Waals surface area contributed by atoms with Gasteiger partial charge in [-0.3, -0.25) is 0 Å². The number of aliphatic hydroxyl groups excluding tert-OH is 1. The van der Waals surface area contributed by atoms with Crippen molar-refractivity contribution in [2.24, 2.45) is 11.3 Å². The highest BCUT2D eigenvalue weighted by molar-refractivity contribution is 5.73. The molecule has 1 unspecified atom stereocenters. The van der Waals surface area contributed by atoms with Crippen LogP contribution >= 0.6 is 0 Å². The monoisotopic (exact) mass is 319 g/mol. The lowest BCUT2D eigenvalue weighted by atomic mass is 9.90. The van der Waals surface area contributed by atoms with Crippen molar-refractivity contribution in [1.29, 1.82) is 0 Å². The first-order valence-electron chi connectivity index (χ1n) is 8.43. The van der Waals surface area contributed by atoms with Crippen LogP contribution in [0.25, 0.3) is 0 Å². The van der Waals surface area contributed by atoms with Crippen molar-refractivity contribution in [2.45, 2.75) is 26.7 Å². The molecule has 1 heterocycles. The summed E-state index contributed by atoms with van der Waals surface area (Å²) in [4.78, 5) is 14.3. The third-order valence-corrected chi connectivity index (χ3v) is 4.47. The van der Waals surface area contributed by atoms with Crippen molar-refractivity contribution < 1.29 is 9.90 Å². The number of nitrogens with zero attached hydrogens (tertiary/aromatic N) is 1. The van der Waals surface area contributed by atoms with E-state index in [2.05, 4.69) is 39.8 Å². The van der Waals surface area contributed by atoms with E-state index >= 15 is 0 Å². The average molecular weight is 319 g/mol. The van der Waals surface area contributed by atoms with E-state index in [0.29, 0.717) is 25.4 Å². The number of para-hydroxylation sites is 1. The molecule has 0 radical (unpaired) electrons. The van der Waals surface area contributed by atoms with Crippen LogP contribution in [-0.2, 0) is 0 Å². The van der Waals surface area contributed by atoms with Gasteiger partial charge in [-0.2, -0.15) is 0 Å². The lowest BCUT2D eigenvalue weighted by Crippen LogP contribution is -2.42. The predicted molar refractivity (Wildman–Crippen MR) is 93.6 cm³/mol. The molecule has 1 atom stereocenters. The second-order valence-electron chi connectivity index (χ2n) is 7.14. The van der Waals surface area contributed by atoms with E-state index in [1.165, 1.54) is 5.69 Å². The van der Waals surface area contributed by atoms with Crippen LogP contribution in [0.1, 0.15) is 26.7 Å². The van der Waals surface area contributed by atoms with Crippen LogP contribution < -0.4 is 15.5 Å². The topological polar surface area (TPSA) is 64.6 Å². The Kier molecular flexibility index (Phi) is 6.28. The number of hydrogen-bond acceptors (Lipinski definition) is 3. The minimum absolute atomic E-state index is 0.0798. The number of aliphatic hydroxyl groups is 1. The largest absolute Gasteiger partial charge is 0.396 e. The van der Waals surface area contributed by atoms with Crippen molar-refractivity contribution in [3.05, 3.63) is 30.3 Å². The number of nitrogens with one attached hydrogen (secondary N) is 2. The molecule has 0 spiro atoms. The molecular weight excluding hydrogens is 290 g/mol. The smallest absolute Gasteiger partial charge is 0.314 e. The molecular formula is C18H29N3O2. The van der Waals surface area contributed by atoms with Gasteiger partial charge in [-0.1, -0.05) is 32.0 Å². The van der Waals surface area contributed by atoms with Crippen LogP contribution in [0, 0.1) is 11.3 Å². The van der Waals surface area contributed by atoms with Crippen molar-refractivity contribution in [2.75, 3.05) is 37.7 Å². The van der Waals surface area contributed by atoms with Gasteiger partial charge in [-0.15, -0.1) is 0 Å². The molecule has 1 aliphatic heterocycles. The zero-order chi connectivity index (χ0) is 16.7. The van der Waals surface area contributed by atoms with Gasteiger partial charge in [0.25, 0.3) is 0 Å². The second-order valence-corrected chi connectivity index (χ2v) is 7.14. The number of anilines is 1. The fourth-order valence-corrected chi connectivity index (χ4v) is 2.88. The third-order valence-electron chi connectivity index (χ3n) is 4.47. The van der Waals surface area contributed by atoms with E-state index in [0.717, 1.165) is 19.5 Å². The minimum atomic E-state index is -0.117. The zero-order valence-corrected chi connectivity index (χ0v) is 14.2. The van der Waals surface area contributed by atoms with Gasteiger partial charge >= 0.3 is 6.03 Å². The first-order valence-corrected chi connectivity index (χ1v) is 8.43. The van der Waals surface area contributed by atoms with Crippen molar-refractivity contribution >= 4 is 11.7 Å². The lowest BCUT2D eigenvalue weighted by Gasteiger charge is -2.24. The van der Waals surface area contributed by atoms with E-state index < -0.39 is 0 Å². The fourth-order valence-electron chi connectivity index (χ4n) is 2.88. The van der Waals surface area contributed by atoms with Gasteiger partial charge in [0.2, 0.25) is 0 Å². The van der Waals surface area contributed by atoms with Crippen molar-refractivity contribution in [3.63, 3.8) is 0 Å². The lowest BCUT2D eigenvalue weighted by molar-refractivity contribution is 0.201. The molecule has 5 nitrogen and oxygen atoms in total. The summed E-state index contributed by atoms with van der Waals surface area (Å²) >= 11 is 0. The standard InChI is InChI=1S/C18H29N3O2/c1-18(2,9-11-22)14-20-17(23)19-12-15-8-10-21(13-15)16-6-4-3-5-7-16/h3-7,15,22H,8-14H2,1-2H3,(H2,19,20,23). The van der Waals surface area contributed by atoms with Crippen molar-refractivity contribution in [3.8, 4) is 0 Å². The van der Waals surface area contributed by atoms with E-state index in [-0.39, 0.29) is 18.1 Å². The molecule has 0 aliphatic carbocycles.